The summed E-state index contributed by atoms with van der Waals surface area (Å²) in [6.45, 7) is 4.52. The first-order chi connectivity index (χ1) is 17.4. The van der Waals surface area contributed by atoms with Gasteiger partial charge >= 0.3 is 5.69 Å². The van der Waals surface area contributed by atoms with Crippen molar-refractivity contribution in [3.05, 3.63) is 92.6 Å². The minimum absolute atomic E-state index is 0.232. The predicted octanol–water partition coefficient (Wildman–Crippen LogP) is 2.53. The molecule has 9 heteroatoms. The van der Waals surface area contributed by atoms with Gasteiger partial charge in [-0.2, -0.15) is 0 Å². The van der Waals surface area contributed by atoms with E-state index in [9.17, 15) is 14.0 Å². The highest BCUT2D eigenvalue weighted by atomic mass is 19.1. The second kappa shape index (κ2) is 10.1. The van der Waals surface area contributed by atoms with Gasteiger partial charge in [-0.3, -0.25) is 18.8 Å². The molecular formula is C27H31FN6O2. The maximum atomic E-state index is 13.3. The number of benzene rings is 2. The summed E-state index contributed by atoms with van der Waals surface area (Å²) in [5.41, 5.74) is 2.49. The predicted molar refractivity (Wildman–Crippen MR) is 139 cm³/mol. The summed E-state index contributed by atoms with van der Waals surface area (Å²) in [6, 6.07) is 16.9. The first-order valence-corrected chi connectivity index (χ1v) is 12.3. The summed E-state index contributed by atoms with van der Waals surface area (Å²) in [6.07, 6.45) is 1.75. The molecule has 8 nitrogen and oxygen atoms in total. The van der Waals surface area contributed by atoms with Gasteiger partial charge in [-0.05, 0) is 42.7 Å². The van der Waals surface area contributed by atoms with Crippen LogP contribution in [0.2, 0.25) is 0 Å². The number of hydrogen-bond donors (Lipinski definition) is 0. The van der Waals surface area contributed by atoms with E-state index in [-0.39, 0.29) is 17.1 Å². The number of imidazole rings is 1. The fourth-order valence-electron chi connectivity index (χ4n) is 4.96. The molecule has 5 rings (SSSR count). The van der Waals surface area contributed by atoms with Crippen molar-refractivity contribution in [1.82, 2.24) is 23.6 Å². The fraction of sp³-hybridized carbons (Fsp3) is 0.370. The Balaban J connectivity index is 1.38. The minimum Gasteiger partial charge on any atom is -0.369 e. The first kappa shape index (κ1) is 24.0. The lowest BCUT2D eigenvalue weighted by atomic mass is 10.1. The second-order valence-electron chi connectivity index (χ2n) is 9.39. The molecule has 1 aliphatic rings. The second-order valence-corrected chi connectivity index (χ2v) is 9.39. The molecule has 0 bridgehead atoms. The average molecular weight is 491 g/mol. The molecule has 0 aliphatic carbocycles. The van der Waals surface area contributed by atoms with Gasteiger partial charge in [0.2, 0.25) is 0 Å². The number of hydrogen-bond acceptors (Lipinski definition) is 5. The summed E-state index contributed by atoms with van der Waals surface area (Å²) >= 11 is 0. The van der Waals surface area contributed by atoms with E-state index in [1.807, 2.05) is 34.9 Å². The van der Waals surface area contributed by atoms with Gasteiger partial charge in [0, 0.05) is 52.5 Å². The summed E-state index contributed by atoms with van der Waals surface area (Å²) < 4.78 is 17.9. The van der Waals surface area contributed by atoms with Gasteiger partial charge in [0.25, 0.3) is 5.56 Å². The lowest BCUT2D eigenvalue weighted by molar-refractivity contribution is 0.241. The van der Waals surface area contributed by atoms with Crippen LogP contribution in [-0.4, -0.2) is 49.8 Å². The van der Waals surface area contributed by atoms with E-state index in [2.05, 4.69) is 21.9 Å². The Morgan fingerprint density at radius 2 is 1.58 bits per heavy atom. The number of halogens is 1. The van der Waals surface area contributed by atoms with Gasteiger partial charge in [0.05, 0.1) is 6.54 Å². The first-order valence-electron chi connectivity index (χ1n) is 12.3. The Kier molecular flexibility index (Phi) is 6.73. The highest BCUT2D eigenvalue weighted by Gasteiger charge is 2.23. The molecule has 4 aromatic rings. The smallest absolute Gasteiger partial charge is 0.332 e. The third kappa shape index (κ3) is 4.70. The summed E-state index contributed by atoms with van der Waals surface area (Å²) in [4.78, 5) is 35.0. The fourth-order valence-corrected chi connectivity index (χ4v) is 4.96. The van der Waals surface area contributed by atoms with Crippen LogP contribution in [0.1, 0.15) is 17.8 Å². The van der Waals surface area contributed by atoms with Gasteiger partial charge in [-0.1, -0.05) is 30.3 Å². The summed E-state index contributed by atoms with van der Waals surface area (Å²) in [5.74, 6) is 0.565. The van der Waals surface area contributed by atoms with Crippen molar-refractivity contribution in [3.63, 3.8) is 0 Å². The zero-order valence-electron chi connectivity index (χ0n) is 20.7. The molecule has 0 amide bonds. The zero-order valence-corrected chi connectivity index (χ0v) is 20.7. The van der Waals surface area contributed by atoms with E-state index in [0.29, 0.717) is 24.3 Å². The molecule has 1 saturated heterocycles. The van der Waals surface area contributed by atoms with Crippen molar-refractivity contribution in [2.75, 3.05) is 31.1 Å². The van der Waals surface area contributed by atoms with Gasteiger partial charge in [0.1, 0.15) is 11.6 Å². The van der Waals surface area contributed by atoms with E-state index >= 15 is 0 Å². The van der Waals surface area contributed by atoms with Crippen LogP contribution >= 0.6 is 0 Å². The van der Waals surface area contributed by atoms with E-state index in [4.69, 9.17) is 4.98 Å². The van der Waals surface area contributed by atoms with Crippen LogP contribution in [0.3, 0.4) is 0 Å². The zero-order chi connectivity index (χ0) is 25.2. The van der Waals surface area contributed by atoms with Crippen LogP contribution in [0.15, 0.2) is 64.2 Å². The lowest BCUT2D eigenvalue weighted by Crippen LogP contribution is -2.46. The van der Waals surface area contributed by atoms with Gasteiger partial charge in [-0.25, -0.2) is 14.2 Å². The molecule has 0 spiro atoms. The molecule has 2 aromatic carbocycles. The largest absolute Gasteiger partial charge is 0.369 e. The molecule has 0 saturated carbocycles. The normalized spacial score (nSPS) is 14.6. The molecular weight excluding hydrogens is 459 g/mol. The Hall–Kier alpha value is -3.72. The molecule has 0 radical (unpaired) electrons. The maximum Gasteiger partial charge on any atom is 0.332 e. The number of anilines is 1. The standard InChI is InChI=1S/C27H31FN6O2/c1-30-25-24(26(35)31(2)27(30)36)34(14-6-9-20-7-4-3-5-8-20)23(29-25)19-32-15-17-33(18-16-32)22-12-10-21(28)11-13-22/h3-5,7-8,10-13H,6,9,14-19H2,1-2H3. The lowest BCUT2D eigenvalue weighted by Gasteiger charge is -2.36. The highest BCUT2D eigenvalue weighted by Crippen LogP contribution is 2.19. The number of nitrogens with zero attached hydrogens (tertiary/aromatic N) is 6. The van der Waals surface area contributed by atoms with Gasteiger partial charge in [0.15, 0.2) is 11.2 Å². The van der Waals surface area contributed by atoms with Crippen LogP contribution in [0.4, 0.5) is 10.1 Å². The van der Waals surface area contributed by atoms with Crippen molar-refractivity contribution >= 4 is 16.9 Å². The number of aromatic nitrogens is 4. The van der Waals surface area contributed by atoms with E-state index in [1.54, 1.807) is 7.05 Å². The van der Waals surface area contributed by atoms with Crippen LogP contribution in [-0.2, 0) is 33.6 Å². The molecule has 0 N–H and O–H groups in total. The van der Waals surface area contributed by atoms with Gasteiger partial charge in [-0.15, -0.1) is 0 Å². The van der Waals surface area contributed by atoms with E-state index in [0.717, 1.165) is 55.1 Å². The highest BCUT2D eigenvalue weighted by molar-refractivity contribution is 5.71. The molecule has 188 valence electrons. The Morgan fingerprint density at radius 3 is 2.28 bits per heavy atom. The van der Waals surface area contributed by atoms with Crippen molar-refractivity contribution < 1.29 is 4.39 Å². The number of fused-ring (bicyclic) bond motifs is 1. The summed E-state index contributed by atoms with van der Waals surface area (Å²) in [7, 11) is 3.18. The summed E-state index contributed by atoms with van der Waals surface area (Å²) in [5, 5.41) is 0. The SMILES string of the molecule is Cn1c(=O)c2c(nc(CN3CCN(c4ccc(F)cc4)CC3)n2CCCc2ccccc2)n(C)c1=O. The molecule has 1 fully saturated rings. The van der Waals surface area contributed by atoms with Crippen LogP contribution in [0.5, 0.6) is 0 Å². The van der Waals surface area contributed by atoms with E-state index < -0.39 is 0 Å². The van der Waals surface area contributed by atoms with Gasteiger partial charge < -0.3 is 9.47 Å². The quantitative estimate of drug-likeness (QED) is 0.398. The third-order valence-electron chi connectivity index (χ3n) is 7.05. The Morgan fingerprint density at radius 1 is 0.889 bits per heavy atom. The van der Waals surface area contributed by atoms with Crippen molar-refractivity contribution in [2.45, 2.75) is 25.9 Å². The van der Waals surface area contributed by atoms with E-state index in [1.165, 1.54) is 29.3 Å². The molecule has 0 atom stereocenters. The average Bonchev–Trinajstić information content (AvgIpc) is 3.26. The van der Waals surface area contributed by atoms with Crippen molar-refractivity contribution in [2.24, 2.45) is 14.1 Å². The van der Waals surface area contributed by atoms with Crippen molar-refractivity contribution in [1.29, 1.82) is 0 Å². The van der Waals surface area contributed by atoms with Crippen molar-refractivity contribution in [3.8, 4) is 0 Å². The molecule has 1 aliphatic heterocycles. The Labute approximate surface area is 208 Å². The minimum atomic E-state index is -0.374. The van der Waals surface area contributed by atoms with Crippen LogP contribution in [0.25, 0.3) is 11.2 Å². The monoisotopic (exact) mass is 490 g/mol. The number of rotatable bonds is 7. The topological polar surface area (TPSA) is 68.3 Å². The number of piperazine rings is 1. The maximum absolute atomic E-state index is 13.3. The molecule has 2 aromatic heterocycles. The number of aryl methyl sites for hydroxylation is 3. The third-order valence-corrected chi connectivity index (χ3v) is 7.05. The molecule has 3 heterocycles. The molecule has 36 heavy (non-hydrogen) atoms. The molecule has 0 unspecified atom stereocenters. The Bertz CT molecular complexity index is 1460. The van der Waals surface area contributed by atoms with Crippen LogP contribution in [0, 0.1) is 5.82 Å². The van der Waals surface area contributed by atoms with Crippen LogP contribution < -0.4 is 16.1 Å².